The zero-order valence-corrected chi connectivity index (χ0v) is 16.7. The van der Waals surface area contributed by atoms with E-state index in [9.17, 15) is 13.2 Å². The molecule has 0 aromatic heterocycles. The Morgan fingerprint density at radius 1 is 1.35 bits per heavy atom. The Morgan fingerprint density at radius 2 is 2.04 bits per heavy atom. The summed E-state index contributed by atoms with van der Waals surface area (Å²) in [7, 11) is -2.17. The van der Waals surface area contributed by atoms with Gasteiger partial charge in [-0.25, -0.2) is 8.42 Å². The Morgan fingerprint density at radius 3 is 2.62 bits per heavy atom. The minimum atomic E-state index is -3.64. The number of sulfonamides is 1. The van der Waals surface area contributed by atoms with Gasteiger partial charge < -0.3 is 15.4 Å². The molecule has 1 aromatic rings. The third-order valence-corrected chi connectivity index (χ3v) is 6.88. The van der Waals surface area contributed by atoms with Crippen LogP contribution >= 0.6 is 0 Å². The Kier molecular flexibility index (Phi) is 7.02. The van der Waals surface area contributed by atoms with Crippen molar-refractivity contribution < 1.29 is 17.9 Å². The summed E-state index contributed by atoms with van der Waals surface area (Å²) < 4.78 is 32.2. The van der Waals surface area contributed by atoms with Gasteiger partial charge in [0.05, 0.1) is 17.6 Å². The maximum atomic E-state index is 12.8. The number of hydrogen-bond donors (Lipinski definition) is 2. The van der Waals surface area contributed by atoms with Crippen LogP contribution in [0.2, 0.25) is 0 Å². The van der Waals surface area contributed by atoms with Crippen molar-refractivity contribution in [1.29, 1.82) is 0 Å². The van der Waals surface area contributed by atoms with E-state index in [1.807, 2.05) is 6.92 Å². The van der Waals surface area contributed by atoms with E-state index < -0.39 is 10.0 Å². The Hall–Kier alpha value is -1.64. The fourth-order valence-corrected chi connectivity index (χ4v) is 4.71. The standard InChI is InChI=1S/C18H29N3O4S/c1-5-21(6-2)26(23,24)14-9-10-17(25-4)15(12-14)18(22)20-16-8-7-11-19-13(16)3/h9-10,12-13,16,19H,5-8,11H2,1-4H3,(H,20,22). The number of methoxy groups -OCH3 is 1. The lowest BCUT2D eigenvalue weighted by molar-refractivity contribution is 0.0916. The van der Waals surface area contributed by atoms with E-state index >= 15 is 0 Å². The molecule has 146 valence electrons. The van der Waals surface area contributed by atoms with E-state index in [2.05, 4.69) is 10.6 Å². The Labute approximate surface area is 156 Å². The molecule has 2 atom stereocenters. The van der Waals surface area contributed by atoms with Crippen LogP contribution in [0.5, 0.6) is 5.75 Å². The first kappa shape index (κ1) is 20.7. The van der Waals surface area contributed by atoms with Gasteiger partial charge in [0.25, 0.3) is 5.91 Å². The van der Waals surface area contributed by atoms with Gasteiger partial charge in [-0.3, -0.25) is 4.79 Å². The number of ether oxygens (including phenoxy) is 1. The number of piperidine rings is 1. The average molecular weight is 384 g/mol. The summed E-state index contributed by atoms with van der Waals surface area (Å²) in [6.45, 7) is 7.29. The SMILES string of the molecule is CCN(CC)S(=O)(=O)c1ccc(OC)c(C(=O)NC2CCCNC2C)c1. The van der Waals surface area contributed by atoms with Crippen LogP contribution in [-0.4, -0.2) is 57.5 Å². The van der Waals surface area contributed by atoms with Crippen molar-refractivity contribution in [2.75, 3.05) is 26.7 Å². The Balaban J connectivity index is 2.33. The van der Waals surface area contributed by atoms with Crippen molar-refractivity contribution >= 4 is 15.9 Å². The first-order chi connectivity index (χ1) is 12.3. The summed E-state index contributed by atoms with van der Waals surface area (Å²) in [5.41, 5.74) is 0.235. The molecule has 0 aliphatic carbocycles. The maximum Gasteiger partial charge on any atom is 0.255 e. The van der Waals surface area contributed by atoms with Gasteiger partial charge in [0.2, 0.25) is 10.0 Å². The summed E-state index contributed by atoms with van der Waals surface area (Å²) in [5, 5.41) is 6.34. The molecule has 1 saturated heterocycles. The van der Waals surface area contributed by atoms with Crippen LogP contribution in [-0.2, 0) is 10.0 Å². The lowest BCUT2D eigenvalue weighted by Crippen LogP contribution is -2.51. The van der Waals surface area contributed by atoms with Crippen molar-refractivity contribution in [3.05, 3.63) is 23.8 Å². The predicted molar refractivity (Wildman–Crippen MR) is 101 cm³/mol. The summed E-state index contributed by atoms with van der Waals surface area (Å²) in [6, 6.07) is 4.59. The number of carbonyl (C=O) groups excluding carboxylic acids is 1. The van der Waals surface area contributed by atoms with Crippen molar-refractivity contribution in [2.45, 2.75) is 50.6 Å². The van der Waals surface area contributed by atoms with Gasteiger partial charge in [-0.1, -0.05) is 13.8 Å². The fraction of sp³-hybridized carbons (Fsp3) is 0.611. The van der Waals surface area contributed by atoms with Gasteiger partial charge in [0, 0.05) is 25.2 Å². The number of amides is 1. The number of carbonyl (C=O) groups is 1. The zero-order valence-electron chi connectivity index (χ0n) is 15.9. The van der Waals surface area contributed by atoms with E-state index in [-0.39, 0.29) is 28.4 Å². The highest BCUT2D eigenvalue weighted by Crippen LogP contribution is 2.25. The fourth-order valence-electron chi connectivity index (χ4n) is 3.22. The van der Waals surface area contributed by atoms with Crippen molar-refractivity contribution in [3.8, 4) is 5.75 Å². The number of benzene rings is 1. The second kappa shape index (κ2) is 8.83. The minimum Gasteiger partial charge on any atom is -0.496 e. The van der Waals surface area contributed by atoms with Crippen molar-refractivity contribution in [3.63, 3.8) is 0 Å². The van der Waals surface area contributed by atoms with Gasteiger partial charge >= 0.3 is 0 Å². The summed E-state index contributed by atoms with van der Waals surface area (Å²) in [6.07, 6.45) is 1.88. The van der Waals surface area contributed by atoms with Crippen LogP contribution in [0.4, 0.5) is 0 Å². The van der Waals surface area contributed by atoms with Crippen LogP contribution < -0.4 is 15.4 Å². The zero-order chi connectivity index (χ0) is 19.3. The number of hydrogen-bond acceptors (Lipinski definition) is 5. The quantitative estimate of drug-likeness (QED) is 0.747. The average Bonchev–Trinajstić information content (AvgIpc) is 2.63. The molecule has 8 heteroatoms. The largest absolute Gasteiger partial charge is 0.496 e. The highest BCUT2D eigenvalue weighted by Gasteiger charge is 2.27. The molecule has 1 fully saturated rings. The van der Waals surface area contributed by atoms with E-state index in [0.717, 1.165) is 19.4 Å². The topological polar surface area (TPSA) is 87.7 Å². The predicted octanol–water partition coefficient (Wildman–Crippen LogP) is 1.60. The van der Waals surface area contributed by atoms with E-state index in [1.165, 1.54) is 29.6 Å². The molecule has 2 unspecified atom stereocenters. The van der Waals surface area contributed by atoms with Crippen molar-refractivity contribution in [1.82, 2.24) is 14.9 Å². The van der Waals surface area contributed by atoms with E-state index in [0.29, 0.717) is 18.8 Å². The maximum absolute atomic E-state index is 12.8. The molecule has 1 aliphatic rings. The van der Waals surface area contributed by atoms with E-state index in [1.54, 1.807) is 13.8 Å². The molecule has 0 spiro atoms. The smallest absolute Gasteiger partial charge is 0.255 e. The van der Waals surface area contributed by atoms with Gasteiger partial charge in [0.1, 0.15) is 5.75 Å². The molecule has 1 heterocycles. The summed E-state index contributed by atoms with van der Waals surface area (Å²) in [4.78, 5) is 12.9. The molecule has 1 aromatic carbocycles. The third-order valence-electron chi connectivity index (χ3n) is 4.84. The molecule has 1 aliphatic heterocycles. The molecular formula is C18H29N3O4S. The van der Waals surface area contributed by atoms with E-state index in [4.69, 9.17) is 4.74 Å². The molecule has 0 radical (unpaired) electrons. The molecule has 0 bridgehead atoms. The number of nitrogens with zero attached hydrogens (tertiary/aromatic N) is 1. The van der Waals surface area contributed by atoms with Crippen LogP contribution in [0.25, 0.3) is 0 Å². The molecule has 7 nitrogen and oxygen atoms in total. The second-order valence-corrected chi connectivity index (χ2v) is 8.35. The molecule has 2 N–H and O–H groups in total. The van der Waals surface area contributed by atoms with Gasteiger partial charge in [0.15, 0.2) is 0 Å². The number of rotatable bonds is 7. The van der Waals surface area contributed by atoms with Crippen LogP contribution in [0, 0.1) is 0 Å². The monoisotopic (exact) mass is 383 g/mol. The first-order valence-corrected chi connectivity index (χ1v) is 10.5. The molecule has 0 saturated carbocycles. The van der Waals surface area contributed by atoms with Gasteiger partial charge in [-0.15, -0.1) is 0 Å². The molecule has 26 heavy (non-hydrogen) atoms. The second-order valence-electron chi connectivity index (χ2n) is 6.42. The van der Waals surface area contributed by atoms with Crippen molar-refractivity contribution in [2.24, 2.45) is 0 Å². The third kappa shape index (κ3) is 4.36. The highest BCUT2D eigenvalue weighted by atomic mass is 32.2. The van der Waals surface area contributed by atoms with Crippen LogP contribution in [0.15, 0.2) is 23.1 Å². The Bertz CT molecular complexity index is 732. The number of nitrogens with one attached hydrogen (secondary N) is 2. The highest BCUT2D eigenvalue weighted by molar-refractivity contribution is 7.89. The van der Waals surface area contributed by atoms with Gasteiger partial charge in [-0.05, 0) is 44.5 Å². The molecule has 2 rings (SSSR count). The summed E-state index contributed by atoms with van der Waals surface area (Å²) >= 11 is 0. The summed E-state index contributed by atoms with van der Waals surface area (Å²) in [5.74, 6) is 0.0383. The normalized spacial score (nSPS) is 20.8. The lowest BCUT2D eigenvalue weighted by Gasteiger charge is -2.30. The molecule has 1 amide bonds. The lowest BCUT2D eigenvalue weighted by atomic mass is 9.99. The van der Waals surface area contributed by atoms with Gasteiger partial charge in [-0.2, -0.15) is 4.31 Å². The van der Waals surface area contributed by atoms with Crippen LogP contribution in [0.1, 0.15) is 44.0 Å². The molecular weight excluding hydrogens is 354 g/mol. The first-order valence-electron chi connectivity index (χ1n) is 9.07. The van der Waals surface area contributed by atoms with Crippen LogP contribution in [0.3, 0.4) is 0 Å². The minimum absolute atomic E-state index is 0.00371.